The molecule has 0 radical (unpaired) electrons. The molecule has 8 heteroatoms. The van der Waals surface area contributed by atoms with E-state index in [1.807, 2.05) is 50.4 Å². The molecule has 0 aliphatic carbocycles. The Morgan fingerprint density at radius 3 is 2.87 bits per heavy atom. The van der Waals surface area contributed by atoms with Gasteiger partial charge in [-0.2, -0.15) is 0 Å². The van der Waals surface area contributed by atoms with Crippen LogP contribution in [0.3, 0.4) is 0 Å². The van der Waals surface area contributed by atoms with Crippen molar-refractivity contribution in [3.63, 3.8) is 0 Å². The zero-order valence-electron chi connectivity index (χ0n) is 17.2. The highest BCUT2D eigenvalue weighted by molar-refractivity contribution is 8.15. The first-order chi connectivity index (χ1) is 14.4. The molecule has 0 spiro atoms. The van der Waals surface area contributed by atoms with Crippen LogP contribution in [0.1, 0.15) is 17.5 Å². The van der Waals surface area contributed by atoms with Gasteiger partial charge in [0.25, 0.3) is 0 Å². The van der Waals surface area contributed by atoms with Crippen LogP contribution in [0.2, 0.25) is 0 Å². The molecule has 6 nitrogen and oxygen atoms in total. The zero-order chi connectivity index (χ0) is 21.3. The Balaban J connectivity index is 1.40. The van der Waals surface area contributed by atoms with Gasteiger partial charge in [0.1, 0.15) is 18.6 Å². The number of fused-ring (bicyclic) bond motifs is 1. The quantitative estimate of drug-likeness (QED) is 0.710. The third kappa shape index (κ3) is 4.34. The Morgan fingerprint density at radius 1 is 1.27 bits per heavy atom. The van der Waals surface area contributed by atoms with E-state index in [9.17, 15) is 9.59 Å². The fraction of sp³-hybridized carbons (Fsp3) is 0.318. The second-order valence-corrected chi connectivity index (χ2v) is 9.46. The molecule has 0 unspecified atom stereocenters. The van der Waals surface area contributed by atoms with Gasteiger partial charge < -0.3 is 10.2 Å². The van der Waals surface area contributed by atoms with Gasteiger partial charge in [-0.3, -0.25) is 14.5 Å². The number of hydrogen-bond donors (Lipinski definition) is 1. The molecule has 30 heavy (non-hydrogen) atoms. The Hall–Kier alpha value is -2.45. The lowest BCUT2D eigenvalue weighted by Crippen LogP contribution is -2.46. The van der Waals surface area contributed by atoms with E-state index in [-0.39, 0.29) is 18.2 Å². The fourth-order valence-corrected chi connectivity index (χ4v) is 5.12. The number of thioether (sulfide) groups is 2. The van der Waals surface area contributed by atoms with Crippen LogP contribution in [0, 0.1) is 13.8 Å². The van der Waals surface area contributed by atoms with Crippen molar-refractivity contribution in [2.45, 2.75) is 30.4 Å². The minimum Gasteiger partial charge on any atom is -0.334 e. The average Bonchev–Trinajstić information content (AvgIpc) is 3.05. The van der Waals surface area contributed by atoms with Gasteiger partial charge in [0.15, 0.2) is 5.17 Å². The van der Waals surface area contributed by atoms with Crippen molar-refractivity contribution in [3.8, 4) is 0 Å². The summed E-state index contributed by atoms with van der Waals surface area (Å²) in [4.78, 5) is 35.0. The standard InChI is InChI=1S/C22H24N4O2S2/c1-14-7-8-18(15(2)9-14)24-20(27)11-19-21(28)26-13-25(12-23-22(26)30-19)16-5-4-6-17(10-16)29-3/h4-10,19H,11-13H2,1-3H3,(H,24,27)/t19-/m1/s1. The Labute approximate surface area is 185 Å². The van der Waals surface area contributed by atoms with Crippen molar-refractivity contribution in [1.82, 2.24) is 4.90 Å². The molecule has 2 aliphatic heterocycles. The highest BCUT2D eigenvalue weighted by Gasteiger charge is 2.41. The molecule has 2 aliphatic rings. The van der Waals surface area contributed by atoms with Crippen LogP contribution in [-0.2, 0) is 9.59 Å². The predicted molar refractivity (Wildman–Crippen MR) is 125 cm³/mol. The van der Waals surface area contributed by atoms with Crippen molar-refractivity contribution >= 4 is 51.9 Å². The number of nitrogens with one attached hydrogen (secondary N) is 1. The first-order valence-electron chi connectivity index (χ1n) is 9.73. The van der Waals surface area contributed by atoms with Crippen molar-refractivity contribution in [2.75, 3.05) is 29.8 Å². The number of benzene rings is 2. The maximum Gasteiger partial charge on any atom is 0.244 e. The molecule has 4 rings (SSSR count). The van der Waals surface area contributed by atoms with Crippen molar-refractivity contribution in [1.29, 1.82) is 0 Å². The average molecular weight is 441 g/mol. The Kier molecular flexibility index (Phi) is 6.06. The predicted octanol–water partition coefficient (Wildman–Crippen LogP) is 4.09. The number of hydrogen-bond acceptors (Lipinski definition) is 6. The molecular formula is C22H24N4O2S2. The number of nitrogens with zero attached hydrogens (tertiary/aromatic N) is 3. The number of aryl methyl sites for hydroxylation is 2. The van der Waals surface area contributed by atoms with E-state index in [2.05, 4.69) is 27.3 Å². The third-order valence-electron chi connectivity index (χ3n) is 5.15. The van der Waals surface area contributed by atoms with Crippen LogP contribution in [0.25, 0.3) is 0 Å². The van der Waals surface area contributed by atoms with Gasteiger partial charge in [0.2, 0.25) is 11.8 Å². The van der Waals surface area contributed by atoms with Gasteiger partial charge in [-0.1, -0.05) is 35.5 Å². The highest BCUT2D eigenvalue weighted by Crippen LogP contribution is 2.33. The smallest absolute Gasteiger partial charge is 0.244 e. The van der Waals surface area contributed by atoms with Gasteiger partial charge in [-0.05, 0) is 49.9 Å². The van der Waals surface area contributed by atoms with Crippen LogP contribution in [0.15, 0.2) is 52.4 Å². The summed E-state index contributed by atoms with van der Waals surface area (Å²) in [6.45, 7) is 4.95. The number of anilines is 2. The highest BCUT2D eigenvalue weighted by atomic mass is 32.2. The SMILES string of the molecule is CSc1cccc(N2CN=C3S[C@H](CC(=O)Nc4ccc(C)cc4C)C(=O)N3C2)c1. The molecule has 2 heterocycles. The van der Waals surface area contributed by atoms with Gasteiger partial charge in [-0.25, -0.2) is 4.99 Å². The van der Waals surface area contributed by atoms with Crippen LogP contribution in [0.4, 0.5) is 11.4 Å². The molecular weight excluding hydrogens is 416 g/mol. The lowest BCUT2D eigenvalue weighted by molar-refractivity contribution is -0.128. The Bertz CT molecular complexity index is 1020. The number of aliphatic imine (C=N–C) groups is 1. The van der Waals surface area contributed by atoms with Crippen LogP contribution < -0.4 is 10.2 Å². The summed E-state index contributed by atoms with van der Waals surface area (Å²) in [6.07, 6.45) is 2.17. The van der Waals surface area contributed by atoms with Gasteiger partial charge in [-0.15, -0.1) is 11.8 Å². The fourth-order valence-electron chi connectivity index (χ4n) is 3.55. The van der Waals surface area contributed by atoms with E-state index in [0.717, 1.165) is 22.5 Å². The monoisotopic (exact) mass is 440 g/mol. The topological polar surface area (TPSA) is 65.0 Å². The van der Waals surface area contributed by atoms with E-state index in [1.165, 1.54) is 16.7 Å². The molecule has 0 bridgehead atoms. The summed E-state index contributed by atoms with van der Waals surface area (Å²) in [6, 6.07) is 14.1. The van der Waals surface area contributed by atoms with Crippen LogP contribution in [-0.4, -0.2) is 46.7 Å². The van der Waals surface area contributed by atoms with Crippen LogP contribution in [0.5, 0.6) is 0 Å². The van der Waals surface area contributed by atoms with E-state index < -0.39 is 5.25 Å². The van der Waals surface area contributed by atoms with Crippen molar-refractivity contribution in [3.05, 3.63) is 53.6 Å². The molecule has 1 N–H and O–H groups in total. The van der Waals surface area contributed by atoms with E-state index >= 15 is 0 Å². The summed E-state index contributed by atoms with van der Waals surface area (Å²) in [7, 11) is 0. The van der Waals surface area contributed by atoms with Crippen molar-refractivity contribution in [2.24, 2.45) is 4.99 Å². The lowest BCUT2D eigenvalue weighted by atomic mass is 10.1. The number of carbonyl (C=O) groups is 2. The molecule has 2 amide bonds. The summed E-state index contributed by atoms with van der Waals surface area (Å²) >= 11 is 3.07. The summed E-state index contributed by atoms with van der Waals surface area (Å²) in [5.74, 6) is -0.210. The molecule has 1 saturated heterocycles. The van der Waals surface area contributed by atoms with E-state index in [1.54, 1.807) is 16.7 Å². The van der Waals surface area contributed by atoms with Crippen molar-refractivity contribution < 1.29 is 9.59 Å². The second kappa shape index (κ2) is 8.73. The largest absolute Gasteiger partial charge is 0.334 e. The molecule has 156 valence electrons. The van der Waals surface area contributed by atoms with E-state index in [0.29, 0.717) is 18.5 Å². The molecule has 0 saturated carbocycles. The normalized spacial score (nSPS) is 18.3. The van der Waals surface area contributed by atoms with E-state index in [4.69, 9.17) is 0 Å². The number of amidine groups is 1. The maximum atomic E-state index is 13.0. The maximum absolute atomic E-state index is 13.0. The molecule has 1 atom stereocenters. The molecule has 1 fully saturated rings. The van der Waals surface area contributed by atoms with Crippen LogP contribution >= 0.6 is 23.5 Å². The lowest BCUT2D eigenvalue weighted by Gasteiger charge is -2.32. The molecule has 2 aromatic rings. The van der Waals surface area contributed by atoms with Gasteiger partial charge in [0, 0.05) is 22.7 Å². The summed E-state index contributed by atoms with van der Waals surface area (Å²) in [5, 5.41) is 3.21. The Morgan fingerprint density at radius 2 is 2.10 bits per heavy atom. The number of carbonyl (C=O) groups excluding carboxylic acids is 2. The number of amides is 2. The summed E-state index contributed by atoms with van der Waals surface area (Å²) in [5.41, 5.74) is 3.99. The minimum absolute atomic E-state index is 0.0553. The summed E-state index contributed by atoms with van der Waals surface area (Å²) < 4.78 is 0. The first-order valence-corrected chi connectivity index (χ1v) is 11.8. The molecule has 2 aromatic carbocycles. The second-order valence-electron chi connectivity index (χ2n) is 7.41. The third-order valence-corrected chi connectivity index (χ3v) is 7.09. The number of rotatable bonds is 5. The molecule has 0 aromatic heterocycles. The minimum atomic E-state index is -0.438. The zero-order valence-corrected chi connectivity index (χ0v) is 18.8. The van der Waals surface area contributed by atoms with Gasteiger partial charge in [0.05, 0.1) is 0 Å². The van der Waals surface area contributed by atoms with Gasteiger partial charge >= 0.3 is 0 Å². The first kappa shape index (κ1) is 20.8.